The number of quaternary nitrogens is 1. The summed E-state index contributed by atoms with van der Waals surface area (Å²) in [7, 11) is 0. The summed E-state index contributed by atoms with van der Waals surface area (Å²) < 4.78 is 38.7. The first-order valence-corrected chi connectivity index (χ1v) is 11.8. The van der Waals surface area contributed by atoms with Crippen molar-refractivity contribution in [2.24, 2.45) is 15.8 Å². The van der Waals surface area contributed by atoms with Gasteiger partial charge in [-0.25, -0.2) is 4.98 Å². The van der Waals surface area contributed by atoms with Gasteiger partial charge in [0.15, 0.2) is 0 Å². The molecule has 1 saturated heterocycles. The minimum absolute atomic E-state index is 0.129. The summed E-state index contributed by atoms with van der Waals surface area (Å²) in [6, 6.07) is 8.21. The van der Waals surface area contributed by atoms with E-state index in [1.165, 1.54) is 0 Å². The van der Waals surface area contributed by atoms with Gasteiger partial charge in [0.2, 0.25) is 5.70 Å². The SMILES string of the molecule is N[N+]12C=CN=CC1=C(C1CNCCS1)N=C2c1ccc(C(=O)Nc2cc(C(F)(F)F)ccn2)cc1. The van der Waals surface area contributed by atoms with Crippen molar-refractivity contribution >= 4 is 35.5 Å². The zero-order chi connectivity index (χ0) is 24.6. The number of carbonyl (C=O) groups is 1. The van der Waals surface area contributed by atoms with Crippen LogP contribution in [0.15, 0.2) is 76.4 Å². The molecular weight excluding hydrogens is 479 g/mol. The van der Waals surface area contributed by atoms with Gasteiger partial charge < -0.3 is 10.6 Å². The highest BCUT2D eigenvalue weighted by Gasteiger charge is 2.46. The van der Waals surface area contributed by atoms with Crippen molar-refractivity contribution in [3.63, 3.8) is 0 Å². The van der Waals surface area contributed by atoms with E-state index in [0.29, 0.717) is 11.4 Å². The summed E-state index contributed by atoms with van der Waals surface area (Å²) in [6.45, 7) is 1.72. The number of anilines is 1. The number of allylic oxidation sites excluding steroid dienone is 1. The lowest BCUT2D eigenvalue weighted by Crippen LogP contribution is -2.53. The molecule has 5 rings (SSSR count). The lowest BCUT2D eigenvalue weighted by Gasteiger charge is -2.27. The Kier molecular flexibility index (Phi) is 6.05. The maximum absolute atomic E-state index is 12.9. The number of aliphatic imine (C=N–C) groups is 2. The lowest BCUT2D eigenvalue weighted by molar-refractivity contribution is -0.750. The average molecular weight is 501 g/mol. The smallest absolute Gasteiger partial charge is 0.314 e. The largest absolute Gasteiger partial charge is 0.416 e. The van der Waals surface area contributed by atoms with E-state index in [1.807, 2.05) is 11.8 Å². The maximum Gasteiger partial charge on any atom is 0.416 e. The van der Waals surface area contributed by atoms with Gasteiger partial charge in [-0.05, 0) is 36.4 Å². The lowest BCUT2D eigenvalue weighted by atomic mass is 10.1. The molecule has 0 saturated carbocycles. The third kappa shape index (κ3) is 4.52. The van der Waals surface area contributed by atoms with Crippen LogP contribution in [0.2, 0.25) is 0 Å². The van der Waals surface area contributed by atoms with E-state index in [4.69, 9.17) is 10.8 Å². The first kappa shape index (κ1) is 23.4. The molecule has 3 aliphatic heterocycles. The first-order chi connectivity index (χ1) is 16.8. The number of hydrogen-bond donors (Lipinski definition) is 3. The number of pyridine rings is 1. The average Bonchev–Trinajstić information content (AvgIpc) is 3.17. The highest BCUT2D eigenvalue weighted by molar-refractivity contribution is 8.00. The molecule has 3 aliphatic rings. The second kappa shape index (κ2) is 9.04. The van der Waals surface area contributed by atoms with Gasteiger partial charge in [-0.2, -0.15) is 24.0 Å². The van der Waals surface area contributed by atoms with Crippen LogP contribution in [0.25, 0.3) is 0 Å². The molecule has 4 N–H and O–H groups in total. The van der Waals surface area contributed by atoms with E-state index in [9.17, 15) is 18.0 Å². The highest BCUT2D eigenvalue weighted by atomic mass is 32.2. The Morgan fingerprint density at radius 2 is 2.03 bits per heavy atom. The molecule has 2 atom stereocenters. The van der Waals surface area contributed by atoms with Crippen LogP contribution in [0, 0.1) is 0 Å². The number of carbonyl (C=O) groups excluding carboxylic acids is 1. The number of amidine groups is 1. The number of rotatable bonds is 4. The Balaban J connectivity index is 1.38. The molecule has 0 radical (unpaired) electrons. The van der Waals surface area contributed by atoms with Crippen molar-refractivity contribution in [1.82, 2.24) is 10.3 Å². The fourth-order valence-electron chi connectivity index (χ4n) is 4.02. The maximum atomic E-state index is 12.9. The van der Waals surface area contributed by atoms with Crippen molar-refractivity contribution in [3.05, 3.63) is 83.1 Å². The normalized spacial score (nSPS) is 23.8. The molecular formula is C23H21F3N7OS+. The second-order valence-corrected chi connectivity index (χ2v) is 9.39. The molecule has 8 nitrogen and oxygen atoms in total. The summed E-state index contributed by atoms with van der Waals surface area (Å²) in [6.07, 6.45) is 1.57. The zero-order valence-electron chi connectivity index (χ0n) is 18.3. The minimum Gasteiger partial charge on any atom is -0.314 e. The number of halogens is 3. The van der Waals surface area contributed by atoms with Gasteiger partial charge in [0.05, 0.1) is 28.8 Å². The number of thioether (sulfide) groups is 1. The van der Waals surface area contributed by atoms with E-state index < -0.39 is 17.6 Å². The Morgan fingerprint density at radius 1 is 1.23 bits per heavy atom. The molecule has 35 heavy (non-hydrogen) atoms. The van der Waals surface area contributed by atoms with Crippen molar-refractivity contribution in [2.45, 2.75) is 11.4 Å². The van der Waals surface area contributed by atoms with E-state index in [2.05, 4.69) is 20.6 Å². The van der Waals surface area contributed by atoms with Crippen molar-refractivity contribution in [2.75, 3.05) is 24.2 Å². The number of aromatic nitrogens is 1. The number of benzene rings is 1. The number of alkyl halides is 3. The molecule has 2 aromatic rings. The standard InChI is InChI=1S/C23H20F3N7OS/c24-23(25,26)16-5-6-30-19(11-16)31-22(34)15-3-1-14(2-4-15)21-32-20(18-13-29-8-10-35-18)17-12-28-7-9-33(17,21)27/h1-7,9,11-12,18,29H,8,10,13,27H2/p+1. The van der Waals surface area contributed by atoms with Gasteiger partial charge >= 0.3 is 6.18 Å². The van der Waals surface area contributed by atoms with E-state index in [-0.39, 0.29) is 21.2 Å². The monoisotopic (exact) mass is 500 g/mol. The Hall–Kier alpha value is -3.32. The molecule has 180 valence electrons. The fraction of sp³-hybridized carbons (Fsp3) is 0.217. The molecule has 2 unspecified atom stereocenters. The van der Waals surface area contributed by atoms with Crippen LogP contribution < -0.4 is 16.5 Å². The van der Waals surface area contributed by atoms with Crippen LogP contribution in [0.4, 0.5) is 19.0 Å². The van der Waals surface area contributed by atoms with Crippen LogP contribution in [0.1, 0.15) is 21.5 Å². The van der Waals surface area contributed by atoms with Gasteiger partial charge in [0.1, 0.15) is 17.7 Å². The number of hydrogen-bond acceptors (Lipinski definition) is 7. The molecule has 12 heteroatoms. The van der Waals surface area contributed by atoms with Gasteiger partial charge in [-0.3, -0.25) is 9.79 Å². The Labute approximate surface area is 203 Å². The summed E-state index contributed by atoms with van der Waals surface area (Å²) in [5, 5.41) is 5.93. The summed E-state index contributed by atoms with van der Waals surface area (Å²) in [5.41, 5.74) is 1.73. The van der Waals surface area contributed by atoms with Crippen molar-refractivity contribution < 1.29 is 22.6 Å². The fourth-order valence-corrected chi connectivity index (χ4v) is 5.13. The van der Waals surface area contributed by atoms with Gasteiger partial charge in [-0.15, -0.1) is 16.4 Å². The van der Waals surface area contributed by atoms with E-state index >= 15 is 0 Å². The van der Waals surface area contributed by atoms with Crippen molar-refractivity contribution in [3.8, 4) is 0 Å². The zero-order valence-corrected chi connectivity index (χ0v) is 19.1. The number of nitrogens with zero attached hydrogens (tertiary/aromatic N) is 4. The number of fused-ring (bicyclic) bond motifs is 1. The molecule has 0 bridgehead atoms. The first-order valence-electron chi connectivity index (χ1n) is 10.8. The summed E-state index contributed by atoms with van der Waals surface area (Å²) in [5.74, 6) is 7.54. The molecule has 1 aromatic heterocycles. The van der Waals surface area contributed by atoms with Crippen molar-refractivity contribution in [1.29, 1.82) is 0 Å². The Bertz CT molecular complexity index is 1280. The van der Waals surface area contributed by atoms with Gasteiger partial charge in [0, 0.05) is 30.6 Å². The summed E-state index contributed by atoms with van der Waals surface area (Å²) >= 11 is 1.81. The van der Waals surface area contributed by atoms with Crippen LogP contribution >= 0.6 is 11.8 Å². The quantitative estimate of drug-likeness (QED) is 0.442. The molecule has 4 heterocycles. The molecule has 1 fully saturated rings. The molecule has 0 spiro atoms. The molecule has 0 aliphatic carbocycles. The predicted molar refractivity (Wildman–Crippen MR) is 128 cm³/mol. The number of nitrogens with one attached hydrogen (secondary N) is 2. The second-order valence-electron chi connectivity index (χ2n) is 8.08. The third-order valence-electron chi connectivity index (χ3n) is 5.79. The van der Waals surface area contributed by atoms with Crippen LogP contribution in [0.5, 0.6) is 0 Å². The topological polar surface area (TPSA) is 105 Å². The van der Waals surface area contributed by atoms with Crippen LogP contribution in [-0.2, 0) is 6.18 Å². The third-order valence-corrected chi connectivity index (χ3v) is 7.02. The Morgan fingerprint density at radius 3 is 2.74 bits per heavy atom. The van der Waals surface area contributed by atoms with E-state index in [1.54, 1.807) is 42.9 Å². The van der Waals surface area contributed by atoms with E-state index in [0.717, 1.165) is 48.6 Å². The van der Waals surface area contributed by atoms with Gasteiger partial charge in [-0.1, -0.05) is 0 Å². The number of amides is 1. The number of nitrogens with two attached hydrogens (primary N) is 1. The molecule has 1 amide bonds. The minimum atomic E-state index is -4.53. The molecule has 1 aromatic carbocycles. The summed E-state index contributed by atoms with van der Waals surface area (Å²) in [4.78, 5) is 25.6. The predicted octanol–water partition coefficient (Wildman–Crippen LogP) is 3.28. The highest BCUT2D eigenvalue weighted by Crippen LogP contribution is 2.36. The van der Waals surface area contributed by atoms with Crippen LogP contribution in [0.3, 0.4) is 0 Å². The van der Waals surface area contributed by atoms with Gasteiger partial charge in [0.25, 0.3) is 11.7 Å². The van der Waals surface area contributed by atoms with Crippen LogP contribution in [-0.4, -0.2) is 51.6 Å².